The van der Waals surface area contributed by atoms with E-state index < -0.39 is 0 Å². The highest BCUT2D eigenvalue weighted by Gasteiger charge is 2.05. The SMILES string of the molecule is O=C(Cn1cnnn1)Nc1ccnc(Cl)n1. The average molecular weight is 240 g/mol. The minimum atomic E-state index is -0.304. The van der Waals surface area contributed by atoms with Crippen molar-refractivity contribution in [1.29, 1.82) is 0 Å². The van der Waals surface area contributed by atoms with Crippen LogP contribution in [0.2, 0.25) is 5.28 Å². The van der Waals surface area contributed by atoms with Crippen LogP contribution in [0.25, 0.3) is 0 Å². The van der Waals surface area contributed by atoms with Gasteiger partial charge in [0, 0.05) is 6.20 Å². The van der Waals surface area contributed by atoms with E-state index in [-0.39, 0.29) is 17.7 Å². The Bertz CT molecular complexity index is 485. The predicted octanol–water partition coefficient (Wildman–Crippen LogP) is -0.245. The molecular weight excluding hydrogens is 234 g/mol. The third kappa shape index (κ3) is 2.70. The molecule has 0 unspecified atom stereocenters. The zero-order chi connectivity index (χ0) is 11.4. The second kappa shape index (κ2) is 4.62. The molecule has 16 heavy (non-hydrogen) atoms. The molecule has 0 aliphatic carbocycles. The molecule has 8 nitrogen and oxygen atoms in total. The summed E-state index contributed by atoms with van der Waals surface area (Å²) in [6.45, 7) is 0.00855. The van der Waals surface area contributed by atoms with Crippen molar-refractivity contribution in [3.8, 4) is 0 Å². The van der Waals surface area contributed by atoms with E-state index in [2.05, 4.69) is 30.8 Å². The first-order chi connectivity index (χ1) is 7.74. The molecule has 0 aliphatic heterocycles. The third-order valence-electron chi connectivity index (χ3n) is 1.59. The topological polar surface area (TPSA) is 98.5 Å². The van der Waals surface area contributed by atoms with Crippen molar-refractivity contribution in [3.63, 3.8) is 0 Å². The summed E-state index contributed by atoms with van der Waals surface area (Å²) < 4.78 is 1.29. The van der Waals surface area contributed by atoms with Crippen molar-refractivity contribution in [2.24, 2.45) is 0 Å². The highest BCUT2D eigenvalue weighted by Crippen LogP contribution is 2.05. The van der Waals surface area contributed by atoms with Crippen molar-refractivity contribution >= 4 is 23.3 Å². The van der Waals surface area contributed by atoms with E-state index >= 15 is 0 Å². The number of carbonyl (C=O) groups excluding carboxylic acids is 1. The molecule has 0 fully saturated rings. The Hall–Kier alpha value is -2.09. The summed E-state index contributed by atoms with van der Waals surface area (Å²) in [5, 5.41) is 13.0. The molecule has 2 aromatic rings. The van der Waals surface area contributed by atoms with E-state index in [1.54, 1.807) is 0 Å². The standard InChI is InChI=1S/C7H6ClN7O/c8-7-9-2-1-5(12-7)11-6(16)3-15-4-10-13-14-15/h1-2,4H,3H2,(H,9,11,12,16). The summed E-state index contributed by atoms with van der Waals surface area (Å²) in [5.41, 5.74) is 0. The van der Waals surface area contributed by atoms with Crippen molar-refractivity contribution in [1.82, 2.24) is 30.2 Å². The lowest BCUT2D eigenvalue weighted by Gasteiger charge is -2.02. The number of nitrogens with one attached hydrogen (secondary N) is 1. The quantitative estimate of drug-likeness (QED) is 0.742. The Morgan fingerprint density at radius 1 is 1.56 bits per heavy atom. The first-order valence-electron chi connectivity index (χ1n) is 4.23. The number of halogens is 1. The molecule has 0 aliphatic rings. The molecule has 0 atom stereocenters. The number of hydrogen-bond acceptors (Lipinski definition) is 6. The van der Waals surface area contributed by atoms with Gasteiger partial charge in [-0.1, -0.05) is 0 Å². The number of aromatic nitrogens is 6. The van der Waals surface area contributed by atoms with Gasteiger partial charge in [-0.3, -0.25) is 4.79 Å². The van der Waals surface area contributed by atoms with Crippen LogP contribution in [0.3, 0.4) is 0 Å². The normalized spacial score (nSPS) is 10.1. The zero-order valence-electron chi connectivity index (χ0n) is 7.91. The number of tetrazole rings is 1. The summed E-state index contributed by atoms with van der Waals surface area (Å²) in [6, 6.07) is 1.53. The third-order valence-corrected chi connectivity index (χ3v) is 1.77. The maximum absolute atomic E-state index is 11.5. The predicted molar refractivity (Wildman–Crippen MR) is 53.5 cm³/mol. The second-order valence-corrected chi connectivity index (χ2v) is 3.10. The van der Waals surface area contributed by atoms with Crippen LogP contribution in [0.4, 0.5) is 5.82 Å². The molecule has 2 heterocycles. The molecule has 0 aromatic carbocycles. The molecule has 1 amide bonds. The zero-order valence-corrected chi connectivity index (χ0v) is 8.66. The molecule has 2 rings (SSSR count). The molecular formula is C7H6ClN7O. The van der Waals surface area contributed by atoms with Gasteiger partial charge in [0.05, 0.1) is 0 Å². The van der Waals surface area contributed by atoms with E-state index in [1.807, 2.05) is 0 Å². The van der Waals surface area contributed by atoms with Gasteiger partial charge in [-0.15, -0.1) is 5.10 Å². The van der Waals surface area contributed by atoms with Crippen LogP contribution in [0.15, 0.2) is 18.6 Å². The number of carbonyl (C=O) groups is 1. The van der Waals surface area contributed by atoms with E-state index in [4.69, 9.17) is 11.6 Å². The summed E-state index contributed by atoms with van der Waals surface area (Å²) in [4.78, 5) is 19.0. The Kier molecular flexibility index (Phi) is 3.01. The van der Waals surface area contributed by atoms with Crippen LogP contribution < -0.4 is 5.32 Å². The Labute approximate surface area is 94.7 Å². The Morgan fingerprint density at radius 2 is 2.44 bits per heavy atom. The summed E-state index contributed by atoms with van der Waals surface area (Å²) in [6.07, 6.45) is 2.79. The van der Waals surface area contributed by atoms with Gasteiger partial charge in [0.1, 0.15) is 18.7 Å². The summed E-state index contributed by atoms with van der Waals surface area (Å²) in [7, 11) is 0. The van der Waals surface area contributed by atoms with Crippen LogP contribution in [0.5, 0.6) is 0 Å². The number of hydrogen-bond donors (Lipinski definition) is 1. The fraction of sp³-hybridized carbons (Fsp3) is 0.143. The van der Waals surface area contributed by atoms with Crippen LogP contribution in [0, 0.1) is 0 Å². The Morgan fingerprint density at radius 3 is 3.12 bits per heavy atom. The summed E-state index contributed by atoms with van der Waals surface area (Å²) in [5.74, 6) is 0.0279. The van der Waals surface area contributed by atoms with Crippen molar-refractivity contribution in [2.45, 2.75) is 6.54 Å². The maximum Gasteiger partial charge on any atom is 0.247 e. The second-order valence-electron chi connectivity index (χ2n) is 2.77. The number of nitrogens with zero attached hydrogens (tertiary/aromatic N) is 6. The van der Waals surface area contributed by atoms with Gasteiger partial charge in [0.15, 0.2) is 0 Å². The molecule has 0 saturated carbocycles. The lowest BCUT2D eigenvalue weighted by Crippen LogP contribution is -2.19. The fourth-order valence-electron chi connectivity index (χ4n) is 0.987. The van der Waals surface area contributed by atoms with Gasteiger partial charge in [-0.05, 0) is 28.1 Å². The number of rotatable bonds is 3. The largest absolute Gasteiger partial charge is 0.309 e. The molecule has 2 aromatic heterocycles. The first kappa shape index (κ1) is 10.4. The molecule has 0 spiro atoms. The fourth-order valence-corrected chi connectivity index (χ4v) is 1.13. The van der Waals surface area contributed by atoms with E-state index in [9.17, 15) is 4.79 Å². The molecule has 0 radical (unpaired) electrons. The number of amides is 1. The summed E-state index contributed by atoms with van der Waals surface area (Å²) >= 11 is 5.56. The minimum Gasteiger partial charge on any atom is -0.309 e. The average Bonchev–Trinajstić information content (AvgIpc) is 2.70. The molecule has 0 bridgehead atoms. The van der Waals surface area contributed by atoms with Crippen molar-refractivity contribution in [2.75, 3.05) is 5.32 Å². The number of anilines is 1. The van der Waals surface area contributed by atoms with E-state index in [0.717, 1.165) is 0 Å². The van der Waals surface area contributed by atoms with E-state index in [1.165, 1.54) is 23.3 Å². The lowest BCUT2D eigenvalue weighted by atomic mass is 10.5. The van der Waals surface area contributed by atoms with Crippen LogP contribution in [-0.2, 0) is 11.3 Å². The van der Waals surface area contributed by atoms with Crippen molar-refractivity contribution in [3.05, 3.63) is 23.9 Å². The maximum atomic E-state index is 11.5. The van der Waals surface area contributed by atoms with Gasteiger partial charge in [-0.25, -0.2) is 14.6 Å². The monoisotopic (exact) mass is 239 g/mol. The van der Waals surface area contributed by atoms with Gasteiger partial charge < -0.3 is 5.32 Å². The molecule has 82 valence electrons. The van der Waals surface area contributed by atoms with Crippen LogP contribution >= 0.6 is 11.6 Å². The Balaban J connectivity index is 1.97. The van der Waals surface area contributed by atoms with Gasteiger partial charge >= 0.3 is 0 Å². The van der Waals surface area contributed by atoms with Crippen LogP contribution in [-0.4, -0.2) is 36.1 Å². The highest BCUT2D eigenvalue weighted by molar-refractivity contribution is 6.28. The highest BCUT2D eigenvalue weighted by atomic mass is 35.5. The van der Waals surface area contributed by atoms with Gasteiger partial charge in [0.2, 0.25) is 11.2 Å². The van der Waals surface area contributed by atoms with E-state index in [0.29, 0.717) is 5.82 Å². The smallest absolute Gasteiger partial charge is 0.247 e. The first-order valence-corrected chi connectivity index (χ1v) is 4.61. The molecule has 0 saturated heterocycles. The van der Waals surface area contributed by atoms with Crippen LogP contribution in [0.1, 0.15) is 0 Å². The van der Waals surface area contributed by atoms with Crippen molar-refractivity contribution < 1.29 is 4.79 Å². The lowest BCUT2D eigenvalue weighted by molar-refractivity contribution is -0.116. The minimum absolute atomic E-state index is 0.00855. The van der Waals surface area contributed by atoms with Gasteiger partial charge in [-0.2, -0.15) is 0 Å². The molecule has 9 heteroatoms. The van der Waals surface area contributed by atoms with Gasteiger partial charge in [0.25, 0.3) is 0 Å². The molecule has 1 N–H and O–H groups in total.